The van der Waals surface area contributed by atoms with Crippen molar-refractivity contribution >= 4 is 42.6 Å². The average Bonchev–Trinajstić information content (AvgIpc) is 3.58. The molecular formula is C27H34N4O4S2. The van der Waals surface area contributed by atoms with E-state index in [1.165, 1.54) is 26.8 Å². The number of sulfonamides is 1. The van der Waals surface area contributed by atoms with E-state index >= 15 is 0 Å². The Kier molecular flexibility index (Phi) is 7.92. The summed E-state index contributed by atoms with van der Waals surface area (Å²) >= 11 is 1.52. The maximum absolute atomic E-state index is 13.8. The summed E-state index contributed by atoms with van der Waals surface area (Å²) in [7, 11) is -3.52. The van der Waals surface area contributed by atoms with Crippen LogP contribution in [0.25, 0.3) is 10.2 Å². The van der Waals surface area contributed by atoms with Gasteiger partial charge in [-0.1, -0.05) is 11.3 Å². The van der Waals surface area contributed by atoms with E-state index in [0.717, 1.165) is 62.3 Å². The second-order valence-electron chi connectivity index (χ2n) is 9.80. The normalized spacial score (nSPS) is 17.5. The Bertz CT molecular complexity index is 1320. The van der Waals surface area contributed by atoms with Gasteiger partial charge in [0.15, 0.2) is 5.13 Å². The number of hydrogen-bond donors (Lipinski definition) is 0. The van der Waals surface area contributed by atoms with E-state index in [0.29, 0.717) is 30.3 Å². The summed E-state index contributed by atoms with van der Waals surface area (Å²) in [6.07, 6.45) is 2.58. The van der Waals surface area contributed by atoms with E-state index in [4.69, 9.17) is 9.72 Å². The highest BCUT2D eigenvalue weighted by atomic mass is 32.2. The van der Waals surface area contributed by atoms with Gasteiger partial charge in [-0.15, -0.1) is 0 Å². The van der Waals surface area contributed by atoms with Gasteiger partial charge in [-0.25, -0.2) is 13.4 Å². The molecule has 2 aliphatic heterocycles. The lowest BCUT2D eigenvalue weighted by Crippen LogP contribution is -2.39. The second-order valence-corrected chi connectivity index (χ2v) is 12.7. The average molecular weight is 543 g/mol. The summed E-state index contributed by atoms with van der Waals surface area (Å²) in [5, 5.41) is 0.667. The van der Waals surface area contributed by atoms with Crippen LogP contribution in [0.3, 0.4) is 0 Å². The van der Waals surface area contributed by atoms with E-state index in [1.54, 1.807) is 29.2 Å². The van der Waals surface area contributed by atoms with E-state index in [1.807, 2.05) is 0 Å². The molecule has 0 aliphatic carbocycles. The van der Waals surface area contributed by atoms with Crippen molar-refractivity contribution in [3.63, 3.8) is 0 Å². The molecule has 1 amide bonds. The zero-order chi connectivity index (χ0) is 26.0. The van der Waals surface area contributed by atoms with Gasteiger partial charge >= 0.3 is 0 Å². The van der Waals surface area contributed by atoms with Gasteiger partial charge in [-0.05, 0) is 80.6 Å². The first-order valence-corrected chi connectivity index (χ1v) is 15.2. The van der Waals surface area contributed by atoms with Crippen LogP contribution in [-0.4, -0.2) is 81.0 Å². The van der Waals surface area contributed by atoms with Crippen LogP contribution >= 0.6 is 11.3 Å². The Hall–Kier alpha value is -2.37. The fraction of sp³-hybridized carbons (Fsp3) is 0.481. The van der Waals surface area contributed by atoms with E-state index in [-0.39, 0.29) is 10.8 Å². The number of aryl methyl sites for hydroxylation is 2. The molecule has 0 bridgehead atoms. The van der Waals surface area contributed by atoms with Crippen LogP contribution in [0.2, 0.25) is 0 Å². The number of morpholine rings is 1. The minimum atomic E-state index is -3.52. The van der Waals surface area contributed by atoms with Crippen LogP contribution < -0.4 is 4.90 Å². The van der Waals surface area contributed by atoms with Crippen molar-refractivity contribution in [2.45, 2.75) is 38.0 Å². The molecule has 0 radical (unpaired) electrons. The molecule has 0 atom stereocenters. The highest BCUT2D eigenvalue weighted by molar-refractivity contribution is 7.89. The quantitative estimate of drug-likeness (QED) is 0.427. The van der Waals surface area contributed by atoms with Crippen molar-refractivity contribution in [1.29, 1.82) is 0 Å². The number of nitrogens with zero attached hydrogens (tertiary/aromatic N) is 4. The van der Waals surface area contributed by atoms with E-state index in [2.05, 4.69) is 30.9 Å². The fourth-order valence-electron chi connectivity index (χ4n) is 4.85. The number of amides is 1. The molecule has 10 heteroatoms. The third kappa shape index (κ3) is 5.73. The molecule has 3 heterocycles. The Morgan fingerprint density at radius 3 is 2.41 bits per heavy atom. The number of thiazole rings is 1. The Morgan fingerprint density at radius 1 is 1.03 bits per heavy atom. The van der Waals surface area contributed by atoms with Crippen LogP contribution in [0.5, 0.6) is 0 Å². The molecule has 2 fully saturated rings. The van der Waals surface area contributed by atoms with Crippen LogP contribution in [0, 0.1) is 13.8 Å². The predicted molar refractivity (Wildman–Crippen MR) is 147 cm³/mol. The Balaban J connectivity index is 1.39. The number of hydrogen-bond acceptors (Lipinski definition) is 7. The Labute approximate surface area is 222 Å². The topological polar surface area (TPSA) is 83.0 Å². The lowest BCUT2D eigenvalue weighted by atomic mass is 10.1. The summed E-state index contributed by atoms with van der Waals surface area (Å²) in [5.41, 5.74) is 3.71. The van der Waals surface area contributed by atoms with Gasteiger partial charge in [0.1, 0.15) is 0 Å². The van der Waals surface area contributed by atoms with E-state index < -0.39 is 10.0 Å². The van der Waals surface area contributed by atoms with Gasteiger partial charge in [0.25, 0.3) is 5.91 Å². The predicted octanol–water partition coefficient (Wildman–Crippen LogP) is 4.07. The molecule has 2 saturated heterocycles. The van der Waals surface area contributed by atoms with Crippen molar-refractivity contribution in [3.8, 4) is 0 Å². The molecule has 0 unspecified atom stereocenters. The fourth-order valence-corrected chi connectivity index (χ4v) is 7.43. The van der Waals surface area contributed by atoms with Crippen LogP contribution in [0.15, 0.2) is 41.3 Å². The number of carbonyl (C=O) groups excluding carboxylic acids is 1. The third-order valence-corrected chi connectivity index (χ3v) is 10.2. The Morgan fingerprint density at radius 2 is 1.70 bits per heavy atom. The lowest BCUT2D eigenvalue weighted by Gasteiger charge is -2.27. The number of rotatable bonds is 8. The van der Waals surface area contributed by atoms with Gasteiger partial charge in [-0.3, -0.25) is 14.6 Å². The summed E-state index contributed by atoms with van der Waals surface area (Å²) in [6, 6.07) is 10.6. The molecule has 0 N–H and O–H groups in total. The van der Waals surface area contributed by atoms with Gasteiger partial charge in [0, 0.05) is 44.8 Å². The van der Waals surface area contributed by atoms with Gasteiger partial charge in [0.05, 0.1) is 28.3 Å². The summed E-state index contributed by atoms with van der Waals surface area (Å²) in [5.74, 6) is -0.167. The molecule has 1 aromatic heterocycles. The van der Waals surface area contributed by atoms with Gasteiger partial charge in [0.2, 0.25) is 10.0 Å². The van der Waals surface area contributed by atoms with Crippen molar-refractivity contribution < 1.29 is 17.9 Å². The van der Waals surface area contributed by atoms with E-state index in [9.17, 15) is 13.2 Å². The third-order valence-electron chi connectivity index (χ3n) is 7.23. The number of carbonyl (C=O) groups is 1. The minimum Gasteiger partial charge on any atom is -0.379 e. The molecule has 5 rings (SSSR count). The second kappa shape index (κ2) is 11.2. The zero-order valence-corrected chi connectivity index (χ0v) is 23.1. The largest absolute Gasteiger partial charge is 0.379 e. The van der Waals surface area contributed by atoms with Crippen molar-refractivity contribution in [2.24, 2.45) is 0 Å². The summed E-state index contributed by atoms with van der Waals surface area (Å²) < 4.78 is 33.9. The van der Waals surface area contributed by atoms with Crippen molar-refractivity contribution in [3.05, 3.63) is 53.1 Å². The standard InChI is InChI=1S/C27H34N4O4S2/c1-20-18-24-25(19-21(20)2)36-27(28-24)31(13-5-10-29-14-16-35-17-15-29)26(32)22-6-8-23(9-7-22)37(33,34)30-11-3-4-12-30/h6-9,18-19H,3-5,10-17H2,1-2H3. The number of anilines is 1. The first-order chi connectivity index (χ1) is 17.8. The molecule has 0 spiro atoms. The summed E-state index contributed by atoms with van der Waals surface area (Å²) in [6.45, 7) is 9.95. The van der Waals surface area contributed by atoms with Crippen LogP contribution in [-0.2, 0) is 14.8 Å². The monoisotopic (exact) mass is 542 g/mol. The smallest absolute Gasteiger partial charge is 0.260 e. The van der Waals surface area contributed by atoms with Crippen molar-refractivity contribution in [2.75, 3.05) is 57.4 Å². The molecule has 37 heavy (non-hydrogen) atoms. The molecule has 3 aromatic rings. The highest BCUT2D eigenvalue weighted by Crippen LogP contribution is 2.32. The highest BCUT2D eigenvalue weighted by Gasteiger charge is 2.28. The number of ether oxygens (including phenoxy) is 1. The molecule has 198 valence electrons. The molecule has 8 nitrogen and oxygen atoms in total. The molecule has 2 aliphatic rings. The molecule has 0 saturated carbocycles. The lowest BCUT2D eigenvalue weighted by molar-refractivity contribution is 0.0376. The number of benzene rings is 2. The maximum atomic E-state index is 13.8. The molecular weight excluding hydrogens is 508 g/mol. The van der Waals surface area contributed by atoms with Crippen LogP contribution in [0.1, 0.15) is 40.7 Å². The van der Waals surface area contributed by atoms with Gasteiger partial charge in [-0.2, -0.15) is 4.31 Å². The zero-order valence-electron chi connectivity index (χ0n) is 21.5. The number of fused-ring (bicyclic) bond motifs is 1. The summed E-state index contributed by atoms with van der Waals surface area (Å²) in [4.78, 5) is 22.9. The first-order valence-electron chi connectivity index (χ1n) is 12.9. The molecule has 2 aromatic carbocycles. The number of aromatic nitrogens is 1. The first kappa shape index (κ1) is 26.2. The van der Waals surface area contributed by atoms with Crippen LogP contribution in [0.4, 0.5) is 5.13 Å². The van der Waals surface area contributed by atoms with Crippen molar-refractivity contribution in [1.82, 2.24) is 14.2 Å². The maximum Gasteiger partial charge on any atom is 0.260 e. The van der Waals surface area contributed by atoms with Gasteiger partial charge < -0.3 is 4.74 Å². The SMILES string of the molecule is Cc1cc2nc(N(CCCN3CCOCC3)C(=O)c3ccc(S(=O)(=O)N4CCCC4)cc3)sc2cc1C. The minimum absolute atomic E-state index is 0.167.